The molecule has 2 heterocycles. The van der Waals surface area contributed by atoms with Crippen LogP contribution in [-0.4, -0.2) is 20.4 Å². The molecule has 0 aliphatic carbocycles. The molecule has 0 fully saturated rings. The predicted molar refractivity (Wildman–Crippen MR) is 98.4 cm³/mol. The van der Waals surface area contributed by atoms with Gasteiger partial charge in [0.05, 0.1) is 5.25 Å². The van der Waals surface area contributed by atoms with Crippen molar-refractivity contribution in [2.24, 2.45) is 0 Å². The molecule has 0 unspecified atom stereocenters. The molecule has 27 heavy (non-hydrogen) atoms. The normalized spacial score (nSPS) is 12.3. The van der Waals surface area contributed by atoms with E-state index >= 15 is 0 Å². The van der Waals surface area contributed by atoms with Gasteiger partial charge >= 0.3 is 0 Å². The number of thioether (sulfide) groups is 1. The van der Waals surface area contributed by atoms with E-state index in [-0.39, 0.29) is 11.1 Å². The van der Waals surface area contributed by atoms with Gasteiger partial charge in [0, 0.05) is 11.1 Å². The predicted octanol–water partition coefficient (Wildman–Crippen LogP) is 5.09. The molecule has 0 N–H and O–H groups in total. The van der Waals surface area contributed by atoms with E-state index in [9.17, 15) is 4.39 Å². The zero-order valence-corrected chi connectivity index (χ0v) is 15.4. The lowest BCUT2D eigenvalue weighted by Crippen LogP contribution is -1.88. The van der Waals surface area contributed by atoms with Gasteiger partial charge in [-0.3, -0.25) is 0 Å². The van der Waals surface area contributed by atoms with Gasteiger partial charge in [-0.1, -0.05) is 29.5 Å². The fourth-order valence-corrected chi connectivity index (χ4v) is 3.09. The van der Waals surface area contributed by atoms with Gasteiger partial charge in [-0.15, -0.1) is 20.4 Å². The monoisotopic (exact) mass is 382 g/mol. The van der Waals surface area contributed by atoms with E-state index in [1.165, 1.54) is 23.9 Å². The Morgan fingerprint density at radius 2 is 1.41 bits per heavy atom. The number of hydrogen-bond acceptors (Lipinski definition) is 7. The van der Waals surface area contributed by atoms with Crippen LogP contribution in [0.3, 0.4) is 0 Å². The Hall–Kier alpha value is -3.00. The van der Waals surface area contributed by atoms with Crippen LogP contribution < -0.4 is 0 Å². The number of nitrogens with zero attached hydrogens (tertiary/aromatic N) is 4. The van der Waals surface area contributed by atoms with Crippen LogP contribution in [0.15, 0.2) is 62.6 Å². The standard InChI is InChI=1S/C19H15FN4O2S/c1-11-3-5-13(6-4-11)18-23-24-19(26-18)27-12(2)16-21-22-17(25-16)14-7-9-15(20)10-8-14/h3-10,12H,1-2H3/t12-/m1/s1. The lowest BCUT2D eigenvalue weighted by Gasteiger charge is -2.01. The molecule has 1 atom stereocenters. The second kappa shape index (κ2) is 7.32. The van der Waals surface area contributed by atoms with E-state index in [2.05, 4.69) is 20.4 Å². The maximum absolute atomic E-state index is 13.0. The minimum atomic E-state index is -0.316. The third-order valence-corrected chi connectivity index (χ3v) is 4.78. The Morgan fingerprint density at radius 1 is 0.815 bits per heavy atom. The highest BCUT2D eigenvalue weighted by molar-refractivity contribution is 7.99. The van der Waals surface area contributed by atoms with Gasteiger partial charge in [-0.05, 0) is 50.2 Å². The molecule has 0 radical (unpaired) electrons. The van der Waals surface area contributed by atoms with Crippen molar-refractivity contribution in [1.29, 1.82) is 0 Å². The molecule has 0 amide bonds. The molecule has 0 spiro atoms. The third kappa shape index (κ3) is 3.90. The lowest BCUT2D eigenvalue weighted by molar-refractivity contribution is 0.461. The number of benzene rings is 2. The number of aromatic nitrogens is 4. The molecule has 8 heteroatoms. The molecule has 0 saturated carbocycles. The number of rotatable bonds is 5. The van der Waals surface area contributed by atoms with Gasteiger partial charge in [-0.25, -0.2) is 4.39 Å². The molecule has 4 rings (SSSR count). The van der Waals surface area contributed by atoms with Crippen LogP contribution >= 0.6 is 11.8 Å². The van der Waals surface area contributed by atoms with Gasteiger partial charge < -0.3 is 8.83 Å². The summed E-state index contributed by atoms with van der Waals surface area (Å²) < 4.78 is 24.4. The van der Waals surface area contributed by atoms with Gasteiger partial charge in [0.2, 0.25) is 17.7 Å². The SMILES string of the molecule is Cc1ccc(-c2nnc(S[C@H](C)c3nnc(-c4ccc(F)cc4)o3)o2)cc1. The summed E-state index contributed by atoms with van der Waals surface area (Å²) in [5.74, 6) is 0.906. The fraction of sp³-hybridized carbons (Fsp3) is 0.158. The van der Waals surface area contributed by atoms with E-state index < -0.39 is 0 Å². The van der Waals surface area contributed by atoms with Crippen molar-refractivity contribution >= 4 is 11.8 Å². The zero-order valence-electron chi connectivity index (χ0n) is 14.6. The molecule has 0 aliphatic heterocycles. The van der Waals surface area contributed by atoms with Gasteiger partial charge in [-0.2, -0.15) is 0 Å². The van der Waals surface area contributed by atoms with Crippen molar-refractivity contribution in [3.05, 3.63) is 65.8 Å². The summed E-state index contributed by atoms with van der Waals surface area (Å²) in [7, 11) is 0. The topological polar surface area (TPSA) is 77.8 Å². The quantitative estimate of drug-likeness (QED) is 0.445. The fourth-order valence-electron chi connectivity index (χ4n) is 2.38. The number of hydrogen-bond donors (Lipinski definition) is 0. The second-order valence-electron chi connectivity index (χ2n) is 5.95. The second-order valence-corrected chi connectivity index (χ2v) is 7.24. The maximum atomic E-state index is 13.0. The molecule has 6 nitrogen and oxygen atoms in total. The minimum Gasteiger partial charge on any atom is -0.419 e. The van der Waals surface area contributed by atoms with E-state index in [0.29, 0.717) is 28.5 Å². The first-order chi connectivity index (χ1) is 13.1. The van der Waals surface area contributed by atoms with Crippen molar-refractivity contribution in [3.63, 3.8) is 0 Å². The highest BCUT2D eigenvalue weighted by Crippen LogP contribution is 2.35. The highest BCUT2D eigenvalue weighted by Gasteiger charge is 2.20. The van der Waals surface area contributed by atoms with E-state index in [4.69, 9.17) is 8.83 Å². The smallest absolute Gasteiger partial charge is 0.277 e. The van der Waals surface area contributed by atoms with Crippen molar-refractivity contribution in [1.82, 2.24) is 20.4 Å². The Morgan fingerprint density at radius 3 is 2.11 bits per heavy atom. The molecule has 0 bridgehead atoms. The van der Waals surface area contributed by atoms with E-state index in [0.717, 1.165) is 11.1 Å². The van der Waals surface area contributed by atoms with Gasteiger partial charge in [0.15, 0.2) is 0 Å². The lowest BCUT2D eigenvalue weighted by atomic mass is 10.1. The van der Waals surface area contributed by atoms with Crippen LogP contribution in [0.4, 0.5) is 4.39 Å². The average molecular weight is 382 g/mol. The highest BCUT2D eigenvalue weighted by atomic mass is 32.2. The zero-order chi connectivity index (χ0) is 18.8. The maximum Gasteiger partial charge on any atom is 0.277 e. The molecular formula is C19H15FN4O2S. The Kier molecular flexibility index (Phi) is 4.72. The number of halogens is 1. The van der Waals surface area contributed by atoms with E-state index in [1.54, 1.807) is 12.1 Å². The Bertz CT molecular complexity index is 1040. The first-order valence-corrected chi connectivity index (χ1v) is 9.13. The first-order valence-electron chi connectivity index (χ1n) is 8.25. The average Bonchev–Trinajstić information content (AvgIpc) is 3.33. The summed E-state index contributed by atoms with van der Waals surface area (Å²) in [6.07, 6.45) is 0. The van der Waals surface area contributed by atoms with Gasteiger partial charge in [0.1, 0.15) is 5.82 Å². The molecule has 0 saturated heterocycles. The number of aryl methyl sites for hydroxylation is 1. The molecule has 4 aromatic rings. The molecule has 2 aromatic carbocycles. The Labute approximate surface area is 158 Å². The van der Waals surface area contributed by atoms with Crippen molar-refractivity contribution in [2.75, 3.05) is 0 Å². The minimum absolute atomic E-state index is 0.182. The molecular weight excluding hydrogens is 367 g/mol. The van der Waals surface area contributed by atoms with Gasteiger partial charge in [0.25, 0.3) is 5.22 Å². The van der Waals surface area contributed by atoms with Crippen LogP contribution in [0, 0.1) is 12.7 Å². The van der Waals surface area contributed by atoms with Crippen molar-refractivity contribution < 1.29 is 13.2 Å². The van der Waals surface area contributed by atoms with E-state index in [1.807, 2.05) is 38.1 Å². The van der Waals surface area contributed by atoms with Crippen LogP contribution in [0.1, 0.15) is 23.6 Å². The molecule has 2 aromatic heterocycles. The molecule has 0 aliphatic rings. The molecule has 136 valence electrons. The summed E-state index contributed by atoms with van der Waals surface area (Å²) in [5.41, 5.74) is 2.69. The summed E-state index contributed by atoms with van der Waals surface area (Å²) >= 11 is 1.33. The van der Waals surface area contributed by atoms with Crippen LogP contribution in [0.5, 0.6) is 0 Å². The van der Waals surface area contributed by atoms with Crippen LogP contribution in [0.2, 0.25) is 0 Å². The third-order valence-electron chi connectivity index (χ3n) is 3.86. The largest absolute Gasteiger partial charge is 0.419 e. The van der Waals surface area contributed by atoms with Crippen molar-refractivity contribution in [2.45, 2.75) is 24.3 Å². The van der Waals surface area contributed by atoms with Crippen molar-refractivity contribution in [3.8, 4) is 22.9 Å². The van der Waals surface area contributed by atoms with Crippen LogP contribution in [-0.2, 0) is 0 Å². The first kappa shape index (κ1) is 17.4. The summed E-state index contributed by atoms with van der Waals surface area (Å²) in [6.45, 7) is 3.92. The summed E-state index contributed by atoms with van der Waals surface area (Å²) in [4.78, 5) is 0. The summed E-state index contributed by atoms with van der Waals surface area (Å²) in [5, 5.41) is 16.5. The van der Waals surface area contributed by atoms with Crippen LogP contribution in [0.25, 0.3) is 22.9 Å². The Balaban J connectivity index is 1.47. The summed E-state index contributed by atoms with van der Waals surface area (Å²) in [6, 6.07) is 13.7.